The van der Waals surface area contributed by atoms with Crippen LogP contribution in [0.15, 0.2) is 24.3 Å². The average molecular weight is 320 g/mol. The molecule has 0 aliphatic carbocycles. The number of ether oxygens (including phenoxy) is 1. The molecule has 3 N–H and O–H groups in total. The van der Waals surface area contributed by atoms with Gasteiger partial charge in [0.25, 0.3) is 0 Å². The van der Waals surface area contributed by atoms with Crippen LogP contribution in [0.25, 0.3) is 0 Å². The molecule has 1 aliphatic rings. The first kappa shape index (κ1) is 17.0. The van der Waals surface area contributed by atoms with E-state index in [-0.39, 0.29) is 31.3 Å². The summed E-state index contributed by atoms with van der Waals surface area (Å²) in [6.07, 6.45) is -0.244. The summed E-state index contributed by atoms with van der Waals surface area (Å²) in [6.45, 7) is 1.67. The van der Waals surface area contributed by atoms with Crippen molar-refractivity contribution in [3.63, 3.8) is 0 Å². The molecule has 1 aliphatic heterocycles. The molecule has 2 rings (SSSR count). The van der Waals surface area contributed by atoms with Crippen molar-refractivity contribution in [2.45, 2.75) is 31.2 Å². The molecule has 7 heteroatoms. The van der Waals surface area contributed by atoms with Gasteiger partial charge in [-0.25, -0.2) is 0 Å². The fraction of sp³-hybridized carbons (Fsp3) is 0.438. The largest absolute Gasteiger partial charge is 0.481 e. The number of para-hydroxylation sites is 1. The zero-order chi connectivity index (χ0) is 17.0. The highest BCUT2D eigenvalue weighted by atomic mass is 16.5. The quantitative estimate of drug-likeness (QED) is 0.728. The van der Waals surface area contributed by atoms with E-state index in [1.54, 1.807) is 31.2 Å². The van der Waals surface area contributed by atoms with E-state index in [2.05, 4.69) is 10.6 Å². The first-order valence-corrected chi connectivity index (χ1v) is 7.26. The first-order valence-electron chi connectivity index (χ1n) is 7.26. The highest BCUT2D eigenvalue weighted by molar-refractivity contribution is 6.01. The van der Waals surface area contributed by atoms with Gasteiger partial charge in [0.1, 0.15) is 0 Å². The Morgan fingerprint density at radius 1 is 1.43 bits per heavy atom. The maximum Gasteiger partial charge on any atom is 0.305 e. The minimum atomic E-state index is -1.04. The van der Waals surface area contributed by atoms with E-state index in [1.165, 1.54) is 7.11 Å². The number of carboxylic acid groups (broad SMARTS) is 1. The van der Waals surface area contributed by atoms with Crippen molar-refractivity contribution in [2.75, 3.05) is 19.0 Å². The maximum absolute atomic E-state index is 12.6. The van der Waals surface area contributed by atoms with Crippen molar-refractivity contribution in [3.8, 4) is 0 Å². The van der Waals surface area contributed by atoms with E-state index in [9.17, 15) is 14.4 Å². The zero-order valence-corrected chi connectivity index (χ0v) is 13.1. The van der Waals surface area contributed by atoms with Crippen LogP contribution in [0.5, 0.6) is 0 Å². The first-order chi connectivity index (χ1) is 10.8. The van der Waals surface area contributed by atoms with E-state index in [4.69, 9.17) is 9.84 Å². The molecule has 1 aromatic carbocycles. The number of rotatable bonds is 6. The van der Waals surface area contributed by atoms with Gasteiger partial charge in [-0.3, -0.25) is 14.4 Å². The number of aliphatic carboxylic acids is 1. The molecule has 0 bridgehead atoms. The van der Waals surface area contributed by atoms with Gasteiger partial charge in [-0.15, -0.1) is 0 Å². The number of fused-ring (bicyclic) bond motifs is 1. The van der Waals surface area contributed by atoms with E-state index in [1.807, 2.05) is 0 Å². The lowest BCUT2D eigenvalue weighted by Crippen LogP contribution is -2.52. The van der Waals surface area contributed by atoms with Gasteiger partial charge in [0, 0.05) is 19.2 Å². The molecule has 0 aromatic heterocycles. The molecule has 0 saturated carbocycles. The van der Waals surface area contributed by atoms with Crippen molar-refractivity contribution < 1.29 is 24.2 Å². The van der Waals surface area contributed by atoms with E-state index >= 15 is 0 Å². The third-order valence-corrected chi connectivity index (χ3v) is 3.75. The van der Waals surface area contributed by atoms with Crippen molar-refractivity contribution in [1.82, 2.24) is 5.32 Å². The molecule has 0 spiro atoms. The van der Waals surface area contributed by atoms with Gasteiger partial charge in [0.05, 0.1) is 24.5 Å². The molecule has 2 amide bonds. The molecule has 7 nitrogen and oxygen atoms in total. The van der Waals surface area contributed by atoms with E-state index in [0.717, 1.165) is 5.56 Å². The number of amides is 2. The Hall–Kier alpha value is -2.41. The van der Waals surface area contributed by atoms with E-state index < -0.39 is 17.4 Å². The molecule has 124 valence electrons. The summed E-state index contributed by atoms with van der Waals surface area (Å²) in [5.74, 6) is -2.31. The second-order valence-corrected chi connectivity index (χ2v) is 5.95. The SMILES string of the molecule is COCC(C)(CC(=O)O)NC(=O)C1CC(=O)Nc2ccccc21. The molecule has 1 aromatic rings. The number of carboxylic acids is 1. The third kappa shape index (κ3) is 4.07. The van der Waals surface area contributed by atoms with Crippen molar-refractivity contribution >= 4 is 23.5 Å². The Morgan fingerprint density at radius 2 is 2.13 bits per heavy atom. The molecule has 1 heterocycles. The van der Waals surface area contributed by atoms with Crippen molar-refractivity contribution in [2.24, 2.45) is 0 Å². The monoisotopic (exact) mass is 320 g/mol. The molecule has 2 unspecified atom stereocenters. The minimum absolute atomic E-state index is 0.0268. The Kier molecular flexibility index (Phi) is 5.00. The number of anilines is 1. The summed E-state index contributed by atoms with van der Waals surface area (Å²) in [4.78, 5) is 35.5. The lowest BCUT2D eigenvalue weighted by molar-refractivity contribution is -0.140. The predicted molar refractivity (Wildman–Crippen MR) is 83.1 cm³/mol. The molecular formula is C16H20N2O5. The van der Waals surface area contributed by atoms with E-state index in [0.29, 0.717) is 5.69 Å². The fourth-order valence-corrected chi connectivity index (χ4v) is 2.81. The van der Waals surface area contributed by atoms with Gasteiger partial charge >= 0.3 is 5.97 Å². The number of hydrogen-bond acceptors (Lipinski definition) is 4. The average Bonchev–Trinajstić information content (AvgIpc) is 2.45. The number of carbonyl (C=O) groups is 3. The third-order valence-electron chi connectivity index (χ3n) is 3.75. The number of hydrogen-bond donors (Lipinski definition) is 3. The number of nitrogens with one attached hydrogen (secondary N) is 2. The summed E-state index contributed by atoms with van der Waals surface area (Å²) in [5, 5.41) is 14.5. The maximum atomic E-state index is 12.6. The fourth-order valence-electron chi connectivity index (χ4n) is 2.81. The highest BCUT2D eigenvalue weighted by Gasteiger charge is 2.36. The topological polar surface area (TPSA) is 105 Å². The lowest BCUT2D eigenvalue weighted by Gasteiger charge is -2.32. The number of carbonyl (C=O) groups excluding carboxylic acids is 2. The Labute approximate surface area is 134 Å². The van der Waals surface area contributed by atoms with Crippen LogP contribution in [0, 0.1) is 0 Å². The minimum Gasteiger partial charge on any atom is -0.481 e. The van der Waals surface area contributed by atoms with Crippen LogP contribution in [-0.2, 0) is 19.1 Å². The van der Waals surface area contributed by atoms with Gasteiger partial charge in [-0.05, 0) is 18.6 Å². The number of benzene rings is 1. The van der Waals surface area contributed by atoms with Crippen LogP contribution in [0.1, 0.15) is 31.2 Å². The van der Waals surface area contributed by atoms with Crippen LogP contribution in [-0.4, -0.2) is 42.1 Å². The highest BCUT2D eigenvalue weighted by Crippen LogP contribution is 2.32. The molecular weight excluding hydrogens is 300 g/mol. The summed E-state index contributed by atoms with van der Waals surface area (Å²) in [6, 6.07) is 7.09. The van der Waals surface area contributed by atoms with Crippen molar-refractivity contribution in [1.29, 1.82) is 0 Å². The predicted octanol–water partition coefficient (Wildman–Crippen LogP) is 1.11. The zero-order valence-electron chi connectivity index (χ0n) is 13.1. The van der Waals surface area contributed by atoms with Gasteiger partial charge in [0.2, 0.25) is 11.8 Å². The van der Waals surface area contributed by atoms with Gasteiger partial charge in [-0.2, -0.15) is 0 Å². The standard InChI is InChI=1S/C16H20N2O5/c1-16(9-23-2,8-14(20)21)18-15(22)11-7-13(19)17-12-6-4-3-5-10(11)12/h3-6,11H,7-9H2,1-2H3,(H,17,19)(H,18,22)(H,20,21). The van der Waals surface area contributed by atoms with Crippen molar-refractivity contribution in [3.05, 3.63) is 29.8 Å². The molecule has 0 fully saturated rings. The molecule has 2 atom stereocenters. The normalized spacial score (nSPS) is 19.2. The summed E-state index contributed by atoms with van der Waals surface area (Å²) < 4.78 is 5.03. The number of methoxy groups -OCH3 is 1. The van der Waals surface area contributed by atoms with Crippen LogP contribution in [0.3, 0.4) is 0 Å². The summed E-state index contributed by atoms with van der Waals surface area (Å²) in [7, 11) is 1.44. The van der Waals surface area contributed by atoms with Crippen LogP contribution < -0.4 is 10.6 Å². The van der Waals surface area contributed by atoms with Crippen LogP contribution in [0.4, 0.5) is 5.69 Å². The summed E-state index contributed by atoms with van der Waals surface area (Å²) in [5.41, 5.74) is 0.288. The Balaban J connectivity index is 2.22. The van der Waals surface area contributed by atoms with Gasteiger partial charge in [0.15, 0.2) is 0 Å². The Bertz CT molecular complexity index is 631. The second kappa shape index (κ2) is 6.78. The van der Waals surface area contributed by atoms with Gasteiger partial charge < -0.3 is 20.5 Å². The van der Waals surface area contributed by atoms with Crippen LogP contribution in [0.2, 0.25) is 0 Å². The molecule has 0 radical (unpaired) electrons. The van der Waals surface area contributed by atoms with Gasteiger partial charge in [-0.1, -0.05) is 18.2 Å². The smallest absolute Gasteiger partial charge is 0.305 e. The second-order valence-electron chi connectivity index (χ2n) is 5.95. The molecule has 0 saturated heterocycles. The lowest BCUT2D eigenvalue weighted by atomic mass is 9.88. The van der Waals surface area contributed by atoms with Crippen LogP contribution >= 0.6 is 0 Å². The summed E-state index contributed by atoms with van der Waals surface area (Å²) >= 11 is 0. The Morgan fingerprint density at radius 3 is 2.78 bits per heavy atom. The molecule has 23 heavy (non-hydrogen) atoms.